The van der Waals surface area contributed by atoms with Gasteiger partial charge in [-0.3, -0.25) is 14.6 Å². The summed E-state index contributed by atoms with van der Waals surface area (Å²) in [5.74, 6) is 4.90. The monoisotopic (exact) mass is 266 g/mol. The Bertz CT molecular complexity index is 474. The Hall–Kier alpha value is -2.22. The van der Waals surface area contributed by atoms with E-state index in [-0.39, 0.29) is 18.1 Å². The average Bonchev–Trinajstić information content (AvgIpc) is 2.43. The number of rotatable bonds is 5. The highest BCUT2D eigenvalue weighted by molar-refractivity contribution is 5.93. The fourth-order valence-corrected chi connectivity index (χ4v) is 1.36. The number of hydrogen-bond acceptors (Lipinski definition) is 6. The van der Waals surface area contributed by atoms with Gasteiger partial charge >= 0.3 is 0 Å². The van der Waals surface area contributed by atoms with Gasteiger partial charge in [0, 0.05) is 13.6 Å². The molecular formula is C11H18N6O2. The minimum absolute atomic E-state index is 0.128. The molecule has 0 aliphatic rings. The van der Waals surface area contributed by atoms with E-state index in [2.05, 4.69) is 26.0 Å². The van der Waals surface area contributed by atoms with E-state index >= 15 is 0 Å². The van der Waals surface area contributed by atoms with Gasteiger partial charge in [-0.2, -0.15) is 0 Å². The van der Waals surface area contributed by atoms with Crippen LogP contribution in [0, 0.1) is 5.41 Å². The van der Waals surface area contributed by atoms with Crippen LogP contribution in [0.2, 0.25) is 0 Å². The second-order valence-electron chi connectivity index (χ2n) is 4.58. The molecule has 0 saturated heterocycles. The number of anilines is 1. The quantitative estimate of drug-likeness (QED) is 0.411. The normalized spacial score (nSPS) is 10.7. The van der Waals surface area contributed by atoms with Crippen LogP contribution in [0.1, 0.15) is 24.3 Å². The molecule has 0 unspecified atom stereocenters. The summed E-state index contributed by atoms with van der Waals surface area (Å²) in [6.07, 6.45) is 2.72. The minimum Gasteiger partial charge on any atom is -0.359 e. The highest BCUT2D eigenvalue weighted by Crippen LogP contribution is 2.13. The van der Waals surface area contributed by atoms with Gasteiger partial charge in [0.15, 0.2) is 5.82 Å². The van der Waals surface area contributed by atoms with Crippen LogP contribution in [-0.2, 0) is 4.79 Å². The first-order chi connectivity index (χ1) is 8.90. The van der Waals surface area contributed by atoms with Crippen molar-refractivity contribution in [3.63, 3.8) is 0 Å². The van der Waals surface area contributed by atoms with Crippen LogP contribution in [0.25, 0.3) is 0 Å². The van der Waals surface area contributed by atoms with E-state index < -0.39 is 11.3 Å². The summed E-state index contributed by atoms with van der Waals surface area (Å²) in [6, 6.07) is 0. The third kappa shape index (κ3) is 3.88. The molecule has 0 saturated carbocycles. The molecule has 0 aromatic carbocycles. The van der Waals surface area contributed by atoms with E-state index in [0.29, 0.717) is 5.82 Å². The third-order valence-corrected chi connectivity index (χ3v) is 2.55. The van der Waals surface area contributed by atoms with E-state index in [1.54, 1.807) is 20.9 Å². The molecular weight excluding hydrogens is 248 g/mol. The number of hydrazine groups is 1. The summed E-state index contributed by atoms with van der Waals surface area (Å²) in [5.41, 5.74) is 1.73. The van der Waals surface area contributed by atoms with Gasteiger partial charge in [0.25, 0.3) is 5.91 Å². The molecule has 0 fully saturated rings. The lowest BCUT2D eigenvalue weighted by Crippen LogP contribution is -2.43. The second-order valence-corrected chi connectivity index (χ2v) is 4.58. The number of nitrogens with two attached hydrogens (primary N) is 1. The Morgan fingerprint density at radius 2 is 2.05 bits per heavy atom. The van der Waals surface area contributed by atoms with E-state index in [1.165, 1.54) is 12.4 Å². The maximum Gasteiger partial charge on any atom is 0.271 e. The van der Waals surface area contributed by atoms with Gasteiger partial charge in [-0.25, -0.2) is 10.8 Å². The van der Waals surface area contributed by atoms with E-state index in [4.69, 9.17) is 5.84 Å². The number of hydrogen-bond donors (Lipinski definition) is 4. The molecule has 1 rings (SSSR count). The molecule has 2 amide bonds. The Kier molecular flexibility index (Phi) is 4.76. The molecule has 0 bridgehead atoms. The lowest BCUT2D eigenvalue weighted by molar-refractivity contribution is -0.128. The van der Waals surface area contributed by atoms with Crippen molar-refractivity contribution in [2.75, 3.05) is 19.0 Å². The zero-order valence-electron chi connectivity index (χ0n) is 11.2. The first-order valence-electron chi connectivity index (χ1n) is 5.69. The molecule has 1 heterocycles. The Morgan fingerprint density at radius 3 is 2.63 bits per heavy atom. The Morgan fingerprint density at radius 1 is 1.37 bits per heavy atom. The third-order valence-electron chi connectivity index (χ3n) is 2.55. The van der Waals surface area contributed by atoms with Crippen molar-refractivity contribution in [3.8, 4) is 0 Å². The lowest BCUT2D eigenvalue weighted by atomic mass is 9.92. The summed E-state index contributed by atoms with van der Waals surface area (Å²) in [6.45, 7) is 3.65. The summed E-state index contributed by atoms with van der Waals surface area (Å²) in [5, 5.41) is 5.18. The number of aromatic nitrogens is 2. The molecule has 104 valence electrons. The zero-order chi connectivity index (χ0) is 14.5. The highest BCUT2D eigenvalue weighted by Gasteiger charge is 2.27. The zero-order valence-corrected chi connectivity index (χ0v) is 11.2. The number of carbonyl (C=O) groups is 2. The molecule has 8 heteroatoms. The fourth-order valence-electron chi connectivity index (χ4n) is 1.36. The van der Waals surface area contributed by atoms with Crippen molar-refractivity contribution in [2.24, 2.45) is 11.3 Å². The van der Waals surface area contributed by atoms with Gasteiger partial charge in [0.05, 0.1) is 17.8 Å². The largest absolute Gasteiger partial charge is 0.359 e. The predicted molar refractivity (Wildman–Crippen MR) is 70.0 cm³/mol. The summed E-state index contributed by atoms with van der Waals surface area (Å²) in [7, 11) is 1.55. The van der Waals surface area contributed by atoms with Crippen molar-refractivity contribution < 1.29 is 9.59 Å². The van der Waals surface area contributed by atoms with Crippen molar-refractivity contribution in [1.29, 1.82) is 0 Å². The average molecular weight is 266 g/mol. The summed E-state index contributed by atoms with van der Waals surface area (Å²) < 4.78 is 0. The smallest absolute Gasteiger partial charge is 0.271 e. The second kappa shape index (κ2) is 6.10. The van der Waals surface area contributed by atoms with Crippen LogP contribution >= 0.6 is 0 Å². The van der Waals surface area contributed by atoms with Gasteiger partial charge in [0.1, 0.15) is 5.69 Å². The van der Waals surface area contributed by atoms with Crippen LogP contribution in [0.3, 0.4) is 0 Å². The van der Waals surface area contributed by atoms with Crippen molar-refractivity contribution >= 4 is 17.6 Å². The highest BCUT2D eigenvalue weighted by atomic mass is 16.2. The molecule has 0 aliphatic heterocycles. The van der Waals surface area contributed by atoms with Crippen LogP contribution in [0.15, 0.2) is 12.4 Å². The molecule has 1 aromatic heterocycles. The van der Waals surface area contributed by atoms with Crippen molar-refractivity contribution in [2.45, 2.75) is 13.8 Å². The maximum absolute atomic E-state index is 11.9. The van der Waals surface area contributed by atoms with E-state index in [0.717, 1.165) is 0 Å². The molecule has 0 aliphatic carbocycles. The molecule has 5 N–H and O–H groups in total. The molecule has 19 heavy (non-hydrogen) atoms. The number of nitrogens with zero attached hydrogens (tertiary/aromatic N) is 2. The number of amides is 2. The summed E-state index contributed by atoms with van der Waals surface area (Å²) >= 11 is 0. The standard InChI is InChI=1S/C11H18N6O2/c1-11(2,10(19)13-3)6-15-9(18)7-4-14-5-8(16-7)17-12/h4-5H,6,12H2,1-3H3,(H,13,19)(H,15,18)(H,16,17). The molecule has 1 aromatic rings. The fraction of sp³-hybridized carbons (Fsp3) is 0.455. The summed E-state index contributed by atoms with van der Waals surface area (Å²) in [4.78, 5) is 31.2. The van der Waals surface area contributed by atoms with Gasteiger partial charge in [-0.15, -0.1) is 0 Å². The molecule has 0 spiro atoms. The van der Waals surface area contributed by atoms with Gasteiger partial charge in [-0.05, 0) is 13.8 Å². The number of nitrogens with one attached hydrogen (secondary N) is 3. The van der Waals surface area contributed by atoms with Crippen LogP contribution in [-0.4, -0.2) is 35.4 Å². The van der Waals surface area contributed by atoms with Crippen LogP contribution < -0.4 is 21.9 Å². The van der Waals surface area contributed by atoms with E-state index in [1.807, 2.05) is 0 Å². The number of carbonyl (C=O) groups excluding carboxylic acids is 2. The maximum atomic E-state index is 11.9. The van der Waals surface area contributed by atoms with E-state index in [9.17, 15) is 9.59 Å². The lowest BCUT2D eigenvalue weighted by Gasteiger charge is -2.22. The molecule has 0 radical (unpaired) electrons. The predicted octanol–water partition coefficient (Wildman–Crippen LogP) is -0.736. The molecule has 8 nitrogen and oxygen atoms in total. The van der Waals surface area contributed by atoms with Crippen molar-refractivity contribution in [3.05, 3.63) is 18.1 Å². The van der Waals surface area contributed by atoms with Crippen LogP contribution in [0.4, 0.5) is 5.82 Å². The molecule has 0 atom stereocenters. The Balaban J connectivity index is 2.67. The van der Waals surface area contributed by atoms with Gasteiger partial charge in [-0.1, -0.05) is 0 Å². The topological polar surface area (TPSA) is 122 Å². The van der Waals surface area contributed by atoms with Crippen LogP contribution in [0.5, 0.6) is 0 Å². The first-order valence-corrected chi connectivity index (χ1v) is 5.69. The first kappa shape index (κ1) is 14.8. The number of nitrogen functional groups attached to an aromatic ring is 1. The Labute approximate surface area is 111 Å². The SMILES string of the molecule is CNC(=O)C(C)(C)CNC(=O)c1cncc(NN)n1. The van der Waals surface area contributed by atoms with Gasteiger partial charge < -0.3 is 16.1 Å². The minimum atomic E-state index is -0.707. The van der Waals surface area contributed by atoms with Crippen molar-refractivity contribution in [1.82, 2.24) is 20.6 Å². The van der Waals surface area contributed by atoms with Gasteiger partial charge in [0.2, 0.25) is 5.91 Å².